The normalized spacial score (nSPS) is 10.2. The number of amides is 1. The molecule has 1 aromatic carbocycles. The van der Waals surface area contributed by atoms with E-state index in [1.165, 1.54) is 12.3 Å². The van der Waals surface area contributed by atoms with Gasteiger partial charge in [0.1, 0.15) is 0 Å². The Morgan fingerprint density at radius 2 is 2.05 bits per heavy atom. The second-order valence-electron chi connectivity index (χ2n) is 3.79. The van der Waals surface area contributed by atoms with Crippen molar-refractivity contribution in [1.29, 1.82) is 0 Å². The number of nitrogens with zero attached hydrogens (tertiary/aromatic N) is 1. The van der Waals surface area contributed by atoms with E-state index >= 15 is 0 Å². The number of aromatic nitrogens is 1. The smallest absolute Gasteiger partial charge is 0.257 e. The first-order valence-electron chi connectivity index (χ1n) is 5.25. The van der Waals surface area contributed by atoms with Crippen molar-refractivity contribution in [1.82, 2.24) is 4.98 Å². The maximum absolute atomic E-state index is 12.1. The highest BCUT2D eigenvalue weighted by Gasteiger charge is 2.12. The Labute approximate surface area is 123 Å². The minimum absolute atomic E-state index is 0.200. The van der Waals surface area contributed by atoms with Crippen LogP contribution in [0.4, 0.5) is 17.1 Å². The molecule has 0 saturated heterocycles. The van der Waals surface area contributed by atoms with Crippen molar-refractivity contribution in [3.63, 3.8) is 0 Å². The van der Waals surface area contributed by atoms with Crippen molar-refractivity contribution in [2.75, 3.05) is 16.8 Å². The molecule has 19 heavy (non-hydrogen) atoms. The zero-order chi connectivity index (χ0) is 14.0. The van der Waals surface area contributed by atoms with Crippen LogP contribution in [0.3, 0.4) is 0 Å². The third-order valence-electron chi connectivity index (χ3n) is 2.37. The lowest BCUT2D eigenvalue weighted by Gasteiger charge is -2.09. The van der Waals surface area contributed by atoms with Crippen LogP contribution < -0.4 is 16.8 Å². The van der Waals surface area contributed by atoms with Gasteiger partial charge in [-0.05, 0) is 40.2 Å². The molecule has 0 radical (unpaired) electrons. The molecular weight excluding hydrogens is 332 g/mol. The number of nitrogens with two attached hydrogens (primary N) is 2. The molecule has 2 aromatic rings. The highest BCUT2D eigenvalue weighted by Crippen LogP contribution is 2.24. The molecule has 1 heterocycles. The molecule has 0 bridgehead atoms. The number of nitrogens with one attached hydrogen (secondary N) is 1. The predicted octanol–water partition coefficient (Wildman–Crippen LogP) is 2.91. The van der Waals surface area contributed by atoms with E-state index in [9.17, 15) is 4.79 Å². The van der Waals surface area contributed by atoms with Crippen LogP contribution in [0.1, 0.15) is 10.4 Å². The molecule has 1 aromatic heterocycles. The lowest BCUT2D eigenvalue weighted by atomic mass is 10.1. The fourth-order valence-electron chi connectivity index (χ4n) is 1.49. The number of rotatable bonds is 2. The summed E-state index contributed by atoms with van der Waals surface area (Å²) in [6, 6.07) is 6.34. The average Bonchev–Trinajstić information content (AvgIpc) is 2.33. The molecule has 0 unspecified atom stereocenters. The number of hydrogen-bond acceptors (Lipinski definition) is 4. The molecule has 0 saturated carbocycles. The Hall–Kier alpha value is -1.79. The zero-order valence-electron chi connectivity index (χ0n) is 9.65. The summed E-state index contributed by atoms with van der Waals surface area (Å²) in [6.45, 7) is 0. The van der Waals surface area contributed by atoms with E-state index in [0.29, 0.717) is 27.1 Å². The van der Waals surface area contributed by atoms with Gasteiger partial charge in [0.05, 0.1) is 11.3 Å². The van der Waals surface area contributed by atoms with Gasteiger partial charge in [0, 0.05) is 22.0 Å². The third kappa shape index (κ3) is 3.15. The first-order valence-corrected chi connectivity index (χ1v) is 6.42. The molecule has 2 rings (SSSR count). The lowest BCUT2D eigenvalue weighted by Crippen LogP contribution is -2.14. The summed E-state index contributed by atoms with van der Waals surface area (Å²) in [7, 11) is 0. The van der Waals surface area contributed by atoms with E-state index in [-0.39, 0.29) is 11.1 Å². The van der Waals surface area contributed by atoms with Crippen LogP contribution >= 0.6 is 27.5 Å². The summed E-state index contributed by atoms with van der Waals surface area (Å²) in [5, 5.41) is 2.84. The second-order valence-corrected chi connectivity index (χ2v) is 5.07. The fourth-order valence-corrected chi connectivity index (χ4v) is 1.97. The van der Waals surface area contributed by atoms with Crippen LogP contribution in [0.2, 0.25) is 5.15 Å². The van der Waals surface area contributed by atoms with E-state index in [2.05, 4.69) is 26.2 Å². The number of nitrogen functional groups attached to an aromatic ring is 2. The van der Waals surface area contributed by atoms with Gasteiger partial charge in [-0.25, -0.2) is 4.98 Å². The van der Waals surface area contributed by atoms with Gasteiger partial charge in [-0.1, -0.05) is 11.6 Å². The summed E-state index contributed by atoms with van der Waals surface area (Å²) in [4.78, 5) is 16.0. The van der Waals surface area contributed by atoms with Gasteiger partial charge in [-0.2, -0.15) is 0 Å². The van der Waals surface area contributed by atoms with Crippen LogP contribution in [-0.2, 0) is 0 Å². The van der Waals surface area contributed by atoms with Crippen LogP contribution in [0.25, 0.3) is 0 Å². The molecule has 7 heteroatoms. The fraction of sp³-hybridized carbons (Fsp3) is 0. The lowest BCUT2D eigenvalue weighted by molar-refractivity contribution is 0.102. The first kappa shape index (κ1) is 13.6. The predicted molar refractivity (Wildman–Crippen MR) is 80.2 cm³/mol. The third-order valence-corrected chi connectivity index (χ3v) is 3.11. The van der Waals surface area contributed by atoms with E-state index in [4.69, 9.17) is 23.1 Å². The quantitative estimate of drug-likeness (QED) is 0.578. The summed E-state index contributed by atoms with van der Waals surface area (Å²) >= 11 is 9.15. The number of halogens is 2. The number of anilines is 3. The largest absolute Gasteiger partial charge is 0.399 e. The number of hydrogen-bond donors (Lipinski definition) is 3. The van der Waals surface area contributed by atoms with Crippen molar-refractivity contribution < 1.29 is 4.79 Å². The Morgan fingerprint density at radius 1 is 1.32 bits per heavy atom. The number of benzene rings is 1. The van der Waals surface area contributed by atoms with Crippen molar-refractivity contribution in [2.24, 2.45) is 0 Å². The van der Waals surface area contributed by atoms with Crippen LogP contribution in [0.5, 0.6) is 0 Å². The summed E-state index contributed by atoms with van der Waals surface area (Å²) in [6.07, 6.45) is 1.54. The Kier molecular flexibility index (Phi) is 3.92. The van der Waals surface area contributed by atoms with Crippen molar-refractivity contribution in [3.05, 3.63) is 45.7 Å². The molecule has 0 atom stereocenters. The van der Waals surface area contributed by atoms with Crippen LogP contribution in [0.15, 0.2) is 34.9 Å². The van der Waals surface area contributed by atoms with E-state index < -0.39 is 0 Å². The average molecular weight is 342 g/mol. The standard InChI is InChI=1S/C12H10BrClN4O/c13-6-3-10(11(14)17-5-6)18-12(19)8-2-1-7(15)4-9(8)16/h1-5H,15-16H2,(H,18,19). The molecule has 0 aliphatic heterocycles. The molecule has 5 nitrogen and oxygen atoms in total. The minimum atomic E-state index is -0.376. The van der Waals surface area contributed by atoms with Gasteiger partial charge in [-0.15, -0.1) is 0 Å². The number of pyridine rings is 1. The van der Waals surface area contributed by atoms with Gasteiger partial charge >= 0.3 is 0 Å². The monoisotopic (exact) mass is 340 g/mol. The second kappa shape index (κ2) is 5.46. The van der Waals surface area contributed by atoms with Crippen molar-refractivity contribution in [2.45, 2.75) is 0 Å². The van der Waals surface area contributed by atoms with E-state index in [1.54, 1.807) is 18.2 Å². The molecule has 0 spiro atoms. The SMILES string of the molecule is Nc1ccc(C(=O)Nc2cc(Br)cnc2Cl)c(N)c1. The summed E-state index contributed by atoms with van der Waals surface area (Å²) in [5.74, 6) is -0.376. The highest BCUT2D eigenvalue weighted by atomic mass is 79.9. The van der Waals surface area contributed by atoms with Gasteiger partial charge < -0.3 is 16.8 Å². The molecule has 98 valence electrons. The van der Waals surface area contributed by atoms with Crippen LogP contribution in [-0.4, -0.2) is 10.9 Å². The number of carbonyl (C=O) groups excluding carboxylic acids is 1. The first-order chi connectivity index (χ1) is 8.97. The Morgan fingerprint density at radius 3 is 2.74 bits per heavy atom. The summed E-state index contributed by atoms with van der Waals surface area (Å²) < 4.78 is 0.706. The topological polar surface area (TPSA) is 94.0 Å². The zero-order valence-corrected chi connectivity index (χ0v) is 12.0. The minimum Gasteiger partial charge on any atom is -0.399 e. The molecule has 0 fully saturated rings. The van der Waals surface area contributed by atoms with Gasteiger partial charge in [0.15, 0.2) is 5.15 Å². The molecule has 0 aliphatic carbocycles. The van der Waals surface area contributed by atoms with Gasteiger partial charge in [-0.3, -0.25) is 4.79 Å². The van der Waals surface area contributed by atoms with Gasteiger partial charge in [0.25, 0.3) is 5.91 Å². The Bertz CT molecular complexity index is 648. The Balaban J connectivity index is 2.28. The van der Waals surface area contributed by atoms with Crippen molar-refractivity contribution >= 4 is 50.5 Å². The van der Waals surface area contributed by atoms with E-state index in [0.717, 1.165) is 0 Å². The van der Waals surface area contributed by atoms with Gasteiger partial charge in [0.2, 0.25) is 0 Å². The molecular formula is C12H10BrClN4O. The summed E-state index contributed by atoms with van der Waals surface area (Å²) in [5.41, 5.74) is 12.8. The maximum Gasteiger partial charge on any atom is 0.257 e. The van der Waals surface area contributed by atoms with E-state index in [1.807, 2.05) is 0 Å². The molecule has 1 amide bonds. The molecule has 0 aliphatic rings. The maximum atomic E-state index is 12.1. The molecule has 5 N–H and O–H groups in total. The van der Waals surface area contributed by atoms with Crippen LogP contribution in [0, 0.1) is 0 Å². The van der Waals surface area contributed by atoms with Crippen molar-refractivity contribution in [3.8, 4) is 0 Å². The highest BCUT2D eigenvalue weighted by molar-refractivity contribution is 9.10. The number of carbonyl (C=O) groups is 1.